The number of rotatable bonds is 7. The van der Waals surface area contributed by atoms with E-state index in [0.29, 0.717) is 12.0 Å². The first-order chi connectivity index (χ1) is 8.47. The summed E-state index contributed by atoms with van der Waals surface area (Å²) in [6.07, 6.45) is 0.928. The van der Waals surface area contributed by atoms with E-state index in [1.165, 1.54) is 0 Å². The Balaban J connectivity index is 2.55. The van der Waals surface area contributed by atoms with Gasteiger partial charge in [-0.05, 0) is 26.2 Å². The van der Waals surface area contributed by atoms with Crippen LogP contribution in [0.3, 0.4) is 0 Å². The fraction of sp³-hybridized carbons (Fsp3) is 0.769. The zero-order valence-electron chi connectivity index (χ0n) is 12.0. The molecule has 0 radical (unpaired) electrons. The Morgan fingerprint density at radius 3 is 2.61 bits per heavy atom. The zero-order valence-corrected chi connectivity index (χ0v) is 12.7. The van der Waals surface area contributed by atoms with Gasteiger partial charge in [0.1, 0.15) is 0 Å². The molecular weight excluding hydrogens is 250 g/mol. The quantitative estimate of drug-likeness (QED) is 0.774. The van der Waals surface area contributed by atoms with E-state index in [0.717, 1.165) is 36.0 Å². The van der Waals surface area contributed by atoms with E-state index < -0.39 is 0 Å². The lowest BCUT2D eigenvalue weighted by atomic mass is 9.97. The van der Waals surface area contributed by atoms with Crippen LogP contribution in [0.4, 0.5) is 0 Å². The zero-order chi connectivity index (χ0) is 13.7. The molecule has 0 saturated carbocycles. The van der Waals surface area contributed by atoms with Crippen molar-refractivity contribution in [3.05, 3.63) is 16.4 Å². The van der Waals surface area contributed by atoms with Gasteiger partial charge in [-0.15, -0.1) is 0 Å². The minimum Gasteiger partial charge on any atom is -0.383 e. The van der Waals surface area contributed by atoms with Crippen LogP contribution in [0, 0.1) is 12.8 Å². The molecule has 0 saturated heterocycles. The van der Waals surface area contributed by atoms with E-state index >= 15 is 0 Å². The average Bonchev–Trinajstić information content (AvgIpc) is 2.56. The third-order valence-corrected chi connectivity index (χ3v) is 3.89. The molecule has 2 unspecified atom stereocenters. The molecule has 2 atom stereocenters. The van der Waals surface area contributed by atoms with Gasteiger partial charge in [0, 0.05) is 26.7 Å². The van der Waals surface area contributed by atoms with Gasteiger partial charge in [0.2, 0.25) is 0 Å². The van der Waals surface area contributed by atoms with Crippen molar-refractivity contribution in [2.75, 3.05) is 20.3 Å². The first kappa shape index (κ1) is 15.5. The monoisotopic (exact) mass is 273 g/mol. The Hall–Kier alpha value is -0.580. The van der Waals surface area contributed by atoms with Crippen LogP contribution in [0.1, 0.15) is 25.2 Å². The third kappa shape index (κ3) is 3.97. The van der Waals surface area contributed by atoms with Crippen molar-refractivity contribution in [1.29, 1.82) is 0 Å². The van der Waals surface area contributed by atoms with Crippen molar-refractivity contribution in [1.82, 2.24) is 15.1 Å². The van der Waals surface area contributed by atoms with Gasteiger partial charge in [0.25, 0.3) is 0 Å². The summed E-state index contributed by atoms with van der Waals surface area (Å²) in [4.78, 5) is 0. The molecule has 4 nitrogen and oxygen atoms in total. The minimum absolute atomic E-state index is 0.423. The minimum atomic E-state index is 0.423. The smallest absolute Gasteiger partial charge is 0.0847 e. The van der Waals surface area contributed by atoms with Crippen molar-refractivity contribution >= 4 is 11.6 Å². The molecule has 0 aromatic carbocycles. The van der Waals surface area contributed by atoms with Crippen molar-refractivity contribution in [3.8, 4) is 0 Å². The summed E-state index contributed by atoms with van der Waals surface area (Å²) >= 11 is 6.27. The summed E-state index contributed by atoms with van der Waals surface area (Å²) in [5.74, 6) is 0.495. The van der Waals surface area contributed by atoms with Crippen molar-refractivity contribution in [2.24, 2.45) is 13.0 Å². The second-order valence-corrected chi connectivity index (χ2v) is 5.26. The SMILES string of the molecule is COCCNC(C)C(C)Cc1c(Cl)c(C)nn1C. The second kappa shape index (κ2) is 7.12. The van der Waals surface area contributed by atoms with Crippen LogP contribution in [0.5, 0.6) is 0 Å². The number of nitrogens with zero attached hydrogens (tertiary/aromatic N) is 2. The largest absolute Gasteiger partial charge is 0.383 e. The number of nitrogens with one attached hydrogen (secondary N) is 1. The highest BCUT2D eigenvalue weighted by atomic mass is 35.5. The highest BCUT2D eigenvalue weighted by Crippen LogP contribution is 2.23. The molecule has 0 aliphatic carbocycles. The molecule has 0 aliphatic heterocycles. The number of hydrogen-bond acceptors (Lipinski definition) is 3. The summed E-state index contributed by atoms with van der Waals surface area (Å²) in [6.45, 7) is 7.97. The van der Waals surface area contributed by atoms with Crippen LogP contribution in [-0.4, -0.2) is 36.1 Å². The van der Waals surface area contributed by atoms with Gasteiger partial charge in [-0.25, -0.2) is 0 Å². The highest BCUT2D eigenvalue weighted by molar-refractivity contribution is 6.31. The molecule has 1 aromatic rings. The summed E-state index contributed by atoms with van der Waals surface area (Å²) in [7, 11) is 3.66. The standard InChI is InChI=1S/C13H24ClN3O/c1-9(10(2)15-6-7-18-5)8-12-13(14)11(3)16-17(12)4/h9-10,15H,6-8H2,1-5H3. The Kier molecular flexibility index (Phi) is 6.12. The summed E-state index contributed by atoms with van der Waals surface area (Å²) < 4.78 is 6.92. The fourth-order valence-electron chi connectivity index (χ4n) is 1.97. The molecule has 1 N–H and O–H groups in total. The molecule has 104 valence electrons. The number of ether oxygens (including phenoxy) is 1. The first-order valence-corrected chi connectivity index (χ1v) is 6.75. The van der Waals surface area contributed by atoms with Gasteiger partial charge in [0.15, 0.2) is 0 Å². The van der Waals surface area contributed by atoms with Crippen molar-refractivity contribution < 1.29 is 4.74 Å². The molecule has 0 bridgehead atoms. The van der Waals surface area contributed by atoms with Gasteiger partial charge in [-0.3, -0.25) is 4.68 Å². The molecule has 1 aromatic heterocycles. The van der Waals surface area contributed by atoms with Gasteiger partial charge < -0.3 is 10.1 Å². The van der Waals surface area contributed by atoms with Gasteiger partial charge >= 0.3 is 0 Å². The van der Waals surface area contributed by atoms with E-state index in [2.05, 4.69) is 24.3 Å². The summed E-state index contributed by atoms with van der Waals surface area (Å²) in [5.41, 5.74) is 2.02. The molecule has 1 rings (SSSR count). The lowest BCUT2D eigenvalue weighted by molar-refractivity contribution is 0.192. The summed E-state index contributed by atoms with van der Waals surface area (Å²) in [6, 6.07) is 0.423. The molecule has 0 aliphatic rings. The van der Waals surface area contributed by atoms with E-state index in [-0.39, 0.29) is 0 Å². The van der Waals surface area contributed by atoms with E-state index in [9.17, 15) is 0 Å². The number of hydrogen-bond donors (Lipinski definition) is 1. The average molecular weight is 274 g/mol. The fourth-order valence-corrected chi connectivity index (χ4v) is 2.21. The van der Waals surface area contributed by atoms with E-state index in [4.69, 9.17) is 16.3 Å². The lowest BCUT2D eigenvalue weighted by Crippen LogP contribution is -2.35. The normalized spacial score (nSPS) is 14.8. The molecule has 0 fully saturated rings. The predicted molar refractivity (Wildman–Crippen MR) is 75.2 cm³/mol. The second-order valence-electron chi connectivity index (χ2n) is 4.89. The van der Waals surface area contributed by atoms with Crippen LogP contribution >= 0.6 is 11.6 Å². The third-order valence-electron chi connectivity index (χ3n) is 3.40. The predicted octanol–water partition coefficient (Wildman–Crippen LogP) is 2.19. The lowest BCUT2D eigenvalue weighted by Gasteiger charge is -2.21. The summed E-state index contributed by atoms with van der Waals surface area (Å²) in [5, 5.41) is 8.59. The van der Waals surface area contributed by atoms with E-state index in [1.807, 2.05) is 18.7 Å². The van der Waals surface area contributed by atoms with E-state index in [1.54, 1.807) is 7.11 Å². The van der Waals surface area contributed by atoms with Crippen LogP contribution < -0.4 is 5.32 Å². The molecule has 18 heavy (non-hydrogen) atoms. The molecule has 0 spiro atoms. The molecule has 5 heteroatoms. The van der Waals surface area contributed by atoms with Crippen LogP contribution in [0.15, 0.2) is 0 Å². The maximum atomic E-state index is 6.27. The van der Waals surface area contributed by atoms with Gasteiger partial charge in [-0.1, -0.05) is 18.5 Å². The van der Waals surface area contributed by atoms with Gasteiger partial charge in [-0.2, -0.15) is 5.10 Å². The molecule has 0 amide bonds. The van der Waals surface area contributed by atoms with Crippen molar-refractivity contribution in [2.45, 2.75) is 33.2 Å². The Morgan fingerprint density at radius 2 is 2.11 bits per heavy atom. The van der Waals surface area contributed by atoms with Crippen molar-refractivity contribution in [3.63, 3.8) is 0 Å². The maximum absolute atomic E-state index is 6.27. The Morgan fingerprint density at radius 1 is 1.44 bits per heavy atom. The molecule has 1 heterocycles. The number of methoxy groups -OCH3 is 1. The maximum Gasteiger partial charge on any atom is 0.0847 e. The first-order valence-electron chi connectivity index (χ1n) is 6.37. The number of aryl methyl sites for hydroxylation is 2. The Bertz CT molecular complexity index is 379. The van der Waals surface area contributed by atoms with Crippen LogP contribution in [0.25, 0.3) is 0 Å². The van der Waals surface area contributed by atoms with Crippen LogP contribution in [-0.2, 0) is 18.2 Å². The number of aromatic nitrogens is 2. The number of halogens is 1. The van der Waals surface area contributed by atoms with Gasteiger partial charge in [0.05, 0.1) is 23.0 Å². The molecular formula is C13H24ClN3O. The highest BCUT2D eigenvalue weighted by Gasteiger charge is 2.18. The topological polar surface area (TPSA) is 39.1 Å². The van der Waals surface area contributed by atoms with Crippen LogP contribution in [0.2, 0.25) is 5.02 Å². The Labute approximate surface area is 115 Å².